The number of para-hydroxylation sites is 1. The van der Waals surface area contributed by atoms with Crippen LogP contribution in [0, 0.1) is 0 Å². The van der Waals surface area contributed by atoms with Crippen molar-refractivity contribution in [2.45, 2.75) is 6.61 Å². The quantitative estimate of drug-likeness (QED) is 0.564. The fourth-order valence-electron chi connectivity index (χ4n) is 2.45. The molecular weight excluding hydrogens is 298 g/mol. The van der Waals surface area contributed by atoms with Gasteiger partial charge in [-0.2, -0.15) is 0 Å². The van der Waals surface area contributed by atoms with E-state index in [1.807, 2.05) is 79.0 Å². The van der Waals surface area contributed by atoms with Crippen LogP contribution < -0.4 is 4.74 Å². The summed E-state index contributed by atoms with van der Waals surface area (Å²) in [6.45, 7) is 0.482. The third-order valence-corrected chi connectivity index (χ3v) is 3.67. The van der Waals surface area contributed by atoms with Crippen LogP contribution in [0.1, 0.15) is 5.56 Å². The van der Waals surface area contributed by atoms with Crippen molar-refractivity contribution in [2.75, 3.05) is 0 Å². The second-order valence-corrected chi connectivity index (χ2v) is 5.39. The summed E-state index contributed by atoms with van der Waals surface area (Å²) in [5, 5.41) is 1.01. The van der Waals surface area contributed by atoms with Crippen LogP contribution in [0.5, 0.6) is 5.88 Å². The van der Waals surface area contributed by atoms with Crippen LogP contribution in [0.15, 0.2) is 79.0 Å². The average molecular weight is 313 g/mol. The van der Waals surface area contributed by atoms with E-state index in [1.54, 1.807) is 0 Å². The van der Waals surface area contributed by atoms with Gasteiger partial charge < -0.3 is 4.74 Å². The first kappa shape index (κ1) is 14.3. The van der Waals surface area contributed by atoms with Crippen molar-refractivity contribution >= 4 is 10.9 Å². The molecule has 2 aromatic heterocycles. The Kier molecular flexibility index (Phi) is 3.86. The lowest BCUT2D eigenvalue weighted by atomic mass is 10.2. The van der Waals surface area contributed by atoms with E-state index in [-0.39, 0.29) is 0 Å². The maximum atomic E-state index is 5.78. The molecule has 4 nitrogen and oxygen atoms in total. The molecule has 0 fully saturated rings. The van der Waals surface area contributed by atoms with Gasteiger partial charge in [0.05, 0.1) is 5.52 Å². The van der Waals surface area contributed by atoms with Crippen molar-refractivity contribution in [1.82, 2.24) is 15.0 Å². The first-order chi connectivity index (χ1) is 11.9. The van der Waals surface area contributed by atoms with Gasteiger partial charge in [0.2, 0.25) is 5.88 Å². The van der Waals surface area contributed by atoms with E-state index in [4.69, 9.17) is 4.74 Å². The number of nitrogens with zero attached hydrogens (tertiary/aromatic N) is 3. The Labute approximate surface area is 139 Å². The number of hydrogen-bond donors (Lipinski definition) is 0. The predicted molar refractivity (Wildman–Crippen MR) is 93.5 cm³/mol. The largest absolute Gasteiger partial charge is 0.473 e. The summed E-state index contributed by atoms with van der Waals surface area (Å²) >= 11 is 0. The topological polar surface area (TPSA) is 47.9 Å². The van der Waals surface area contributed by atoms with Crippen LogP contribution in [0.4, 0.5) is 0 Å². The summed E-state index contributed by atoms with van der Waals surface area (Å²) < 4.78 is 5.78. The first-order valence-electron chi connectivity index (χ1n) is 7.74. The molecule has 0 bridgehead atoms. The van der Waals surface area contributed by atoms with Crippen LogP contribution in [0.2, 0.25) is 0 Å². The fraction of sp³-hybridized carbons (Fsp3) is 0.0500. The van der Waals surface area contributed by atoms with Crippen molar-refractivity contribution in [3.05, 3.63) is 84.6 Å². The number of hydrogen-bond acceptors (Lipinski definition) is 4. The lowest BCUT2D eigenvalue weighted by molar-refractivity contribution is 0.294. The molecule has 116 valence electrons. The summed E-state index contributed by atoms with van der Waals surface area (Å²) in [5.41, 5.74) is 2.71. The van der Waals surface area contributed by atoms with Crippen LogP contribution in [0.25, 0.3) is 22.4 Å². The van der Waals surface area contributed by atoms with Crippen molar-refractivity contribution in [2.24, 2.45) is 0 Å². The van der Waals surface area contributed by atoms with Crippen molar-refractivity contribution in [1.29, 1.82) is 0 Å². The molecule has 0 saturated heterocycles. The number of aromatic nitrogens is 3. The van der Waals surface area contributed by atoms with E-state index in [2.05, 4.69) is 15.0 Å². The molecule has 0 N–H and O–H groups in total. The van der Waals surface area contributed by atoms with Crippen molar-refractivity contribution in [3.63, 3.8) is 0 Å². The Bertz CT molecular complexity index is 970. The minimum absolute atomic E-state index is 0.482. The molecule has 0 atom stereocenters. The molecule has 0 unspecified atom stereocenters. The van der Waals surface area contributed by atoms with Crippen LogP contribution in [-0.4, -0.2) is 15.0 Å². The normalized spacial score (nSPS) is 10.7. The summed E-state index contributed by atoms with van der Waals surface area (Å²) in [7, 11) is 0. The Morgan fingerprint density at radius 1 is 0.750 bits per heavy atom. The smallest absolute Gasteiger partial charge is 0.214 e. The van der Waals surface area contributed by atoms with Gasteiger partial charge in [0.15, 0.2) is 5.82 Å². The van der Waals surface area contributed by atoms with E-state index in [0.29, 0.717) is 24.0 Å². The summed E-state index contributed by atoms with van der Waals surface area (Å²) in [6.07, 6.45) is 1.82. The van der Waals surface area contributed by atoms with Crippen LogP contribution >= 0.6 is 0 Å². The molecule has 24 heavy (non-hydrogen) atoms. The van der Waals surface area contributed by atoms with Gasteiger partial charge in [-0.1, -0.05) is 54.6 Å². The lowest BCUT2D eigenvalue weighted by Gasteiger charge is -2.07. The van der Waals surface area contributed by atoms with Gasteiger partial charge in [0.25, 0.3) is 0 Å². The van der Waals surface area contributed by atoms with Crippen LogP contribution in [-0.2, 0) is 6.61 Å². The number of fused-ring (bicyclic) bond motifs is 1. The number of pyridine rings is 1. The average Bonchev–Trinajstić information content (AvgIpc) is 2.67. The van der Waals surface area contributed by atoms with E-state index in [0.717, 1.165) is 16.5 Å². The van der Waals surface area contributed by atoms with Crippen LogP contribution in [0.3, 0.4) is 0 Å². The molecular formula is C20H15N3O. The molecule has 4 heteroatoms. The molecule has 0 radical (unpaired) electrons. The second kappa shape index (κ2) is 6.46. The minimum atomic E-state index is 0.482. The summed E-state index contributed by atoms with van der Waals surface area (Å²) in [6, 6.07) is 23.5. The van der Waals surface area contributed by atoms with Gasteiger partial charge in [-0.05, 0) is 17.7 Å². The molecule has 0 aliphatic carbocycles. The highest BCUT2D eigenvalue weighted by Gasteiger charge is 2.06. The molecule has 0 saturated carbocycles. The molecule has 4 rings (SSSR count). The van der Waals surface area contributed by atoms with Gasteiger partial charge in [0.1, 0.15) is 12.3 Å². The monoisotopic (exact) mass is 313 g/mol. The minimum Gasteiger partial charge on any atom is -0.473 e. The Balaban J connectivity index is 1.59. The fourth-order valence-corrected chi connectivity index (χ4v) is 2.45. The highest BCUT2D eigenvalue weighted by molar-refractivity contribution is 5.79. The third kappa shape index (κ3) is 3.08. The molecule has 0 aliphatic rings. The standard InChI is InChI=1S/C20H15N3O/c1-2-7-15(8-3-1)14-24-19-12-6-11-18(22-19)20-21-13-16-9-4-5-10-17(16)23-20/h1-13H,14H2. The highest BCUT2D eigenvalue weighted by atomic mass is 16.5. The van der Waals surface area contributed by atoms with Gasteiger partial charge >= 0.3 is 0 Å². The Hall–Kier alpha value is -3.27. The maximum absolute atomic E-state index is 5.78. The zero-order valence-corrected chi connectivity index (χ0v) is 13.0. The first-order valence-corrected chi connectivity index (χ1v) is 7.74. The van der Waals surface area contributed by atoms with Crippen molar-refractivity contribution in [3.8, 4) is 17.4 Å². The predicted octanol–water partition coefficient (Wildman–Crippen LogP) is 4.27. The zero-order valence-electron chi connectivity index (χ0n) is 13.0. The highest BCUT2D eigenvalue weighted by Crippen LogP contribution is 2.19. The maximum Gasteiger partial charge on any atom is 0.214 e. The van der Waals surface area contributed by atoms with Gasteiger partial charge in [-0.15, -0.1) is 0 Å². The summed E-state index contributed by atoms with van der Waals surface area (Å²) in [4.78, 5) is 13.5. The molecule has 4 aromatic rings. The second-order valence-electron chi connectivity index (χ2n) is 5.39. The molecule has 2 heterocycles. The lowest BCUT2D eigenvalue weighted by Crippen LogP contribution is -1.99. The Morgan fingerprint density at radius 3 is 2.50 bits per heavy atom. The third-order valence-electron chi connectivity index (χ3n) is 3.67. The molecule has 2 aromatic carbocycles. The summed E-state index contributed by atoms with van der Waals surface area (Å²) in [5.74, 6) is 1.16. The molecule has 0 aliphatic heterocycles. The van der Waals surface area contributed by atoms with Crippen molar-refractivity contribution < 1.29 is 4.74 Å². The number of benzene rings is 2. The zero-order chi connectivity index (χ0) is 16.2. The molecule has 0 amide bonds. The number of rotatable bonds is 4. The molecule has 0 spiro atoms. The number of ether oxygens (including phenoxy) is 1. The SMILES string of the molecule is c1ccc(COc2cccc(-c3ncc4ccccc4n3)n2)cc1. The van der Waals surface area contributed by atoms with Gasteiger partial charge in [-0.3, -0.25) is 0 Å². The van der Waals surface area contributed by atoms with E-state index >= 15 is 0 Å². The van der Waals surface area contributed by atoms with E-state index in [1.165, 1.54) is 0 Å². The Morgan fingerprint density at radius 2 is 1.58 bits per heavy atom. The van der Waals surface area contributed by atoms with Gasteiger partial charge in [-0.25, -0.2) is 15.0 Å². The van der Waals surface area contributed by atoms with E-state index in [9.17, 15) is 0 Å². The van der Waals surface area contributed by atoms with Gasteiger partial charge in [0, 0.05) is 17.6 Å². The van der Waals surface area contributed by atoms with E-state index < -0.39 is 0 Å².